The highest BCUT2D eigenvalue weighted by Crippen LogP contribution is 2.18. The Hall–Kier alpha value is -3.62. The largest absolute Gasteiger partial charge is 0.497 e. The van der Waals surface area contributed by atoms with Crippen molar-refractivity contribution in [3.05, 3.63) is 53.7 Å². The summed E-state index contributed by atoms with van der Waals surface area (Å²) in [6, 6.07) is 9.65. The van der Waals surface area contributed by atoms with Gasteiger partial charge in [-0.15, -0.1) is 0 Å². The number of nitrogen functional groups attached to an aromatic ring is 1. The molecule has 1 atom stereocenters. The van der Waals surface area contributed by atoms with E-state index in [1.165, 1.54) is 12.3 Å². The first kappa shape index (κ1) is 19.7. The minimum Gasteiger partial charge on any atom is -0.497 e. The Labute approximate surface area is 156 Å². The minimum absolute atomic E-state index is 0.111. The molecule has 0 fully saturated rings. The van der Waals surface area contributed by atoms with Crippen molar-refractivity contribution >= 4 is 23.6 Å². The summed E-state index contributed by atoms with van der Waals surface area (Å²) in [5.74, 6) is 0.540. The topological polar surface area (TPSA) is 142 Å². The molecule has 1 heterocycles. The van der Waals surface area contributed by atoms with E-state index >= 15 is 0 Å². The van der Waals surface area contributed by atoms with Gasteiger partial charge in [0.05, 0.1) is 19.7 Å². The number of methoxy groups -OCH3 is 1. The fraction of sp³-hybridized carbons (Fsp3) is 0.222. The second-order valence-electron chi connectivity index (χ2n) is 5.72. The zero-order valence-corrected chi connectivity index (χ0v) is 15.1. The van der Waals surface area contributed by atoms with Crippen LogP contribution in [0.2, 0.25) is 0 Å². The molecule has 0 aliphatic rings. The van der Waals surface area contributed by atoms with Crippen molar-refractivity contribution < 1.29 is 14.3 Å². The zero-order valence-electron chi connectivity index (χ0n) is 15.1. The van der Waals surface area contributed by atoms with Gasteiger partial charge in [0.2, 0.25) is 5.91 Å². The van der Waals surface area contributed by atoms with Crippen molar-refractivity contribution in [2.75, 3.05) is 19.0 Å². The van der Waals surface area contributed by atoms with Crippen LogP contribution < -0.4 is 26.4 Å². The van der Waals surface area contributed by atoms with Crippen molar-refractivity contribution in [2.45, 2.75) is 13.0 Å². The number of hydrogen-bond donors (Lipinski definition) is 5. The predicted octanol–water partition coefficient (Wildman–Crippen LogP) is 1.37. The van der Waals surface area contributed by atoms with Crippen LogP contribution in [0.1, 0.15) is 24.1 Å². The lowest BCUT2D eigenvalue weighted by atomic mass is 10.1. The minimum atomic E-state index is -0.567. The maximum Gasteiger partial charge on any atom is 0.320 e. The molecule has 0 saturated heterocycles. The van der Waals surface area contributed by atoms with Crippen LogP contribution >= 0.6 is 0 Å². The number of pyridine rings is 1. The lowest BCUT2D eigenvalue weighted by Crippen LogP contribution is -2.39. The monoisotopic (exact) mass is 370 g/mol. The number of carbonyl (C=O) groups is 2. The van der Waals surface area contributed by atoms with Crippen LogP contribution in [0.25, 0.3) is 0 Å². The molecule has 1 aromatic heterocycles. The predicted molar refractivity (Wildman–Crippen MR) is 102 cm³/mol. The highest BCUT2D eigenvalue weighted by molar-refractivity contribution is 5.95. The SMILES string of the molecule is COc1cccc([C@H](C)NC(=O)CNC(=O)Nc2ccc(C(=N)N)cn2)c1. The van der Waals surface area contributed by atoms with Crippen molar-refractivity contribution in [3.63, 3.8) is 0 Å². The standard InChI is InChI=1S/C18H22N6O3/c1-11(12-4-3-5-14(8-12)27-2)23-16(25)10-22-18(26)24-15-7-6-13(9-21-15)17(19)20/h3-9,11H,10H2,1-2H3,(H3,19,20)(H,23,25)(H2,21,22,24,26)/t11-/m0/s1. The average molecular weight is 370 g/mol. The first-order valence-electron chi connectivity index (χ1n) is 8.17. The highest BCUT2D eigenvalue weighted by Gasteiger charge is 2.12. The smallest absolute Gasteiger partial charge is 0.320 e. The van der Waals surface area contributed by atoms with Crippen molar-refractivity contribution in [3.8, 4) is 5.75 Å². The van der Waals surface area contributed by atoms with Crippen molar-refractivity contribution in [2.24, 2.45) is 5.73 Å². The first-order valence-corrected chi connectivity index (χ1v) is 8.17. The molecule has 0 spiro atoms. The third-order valence-corrected chi connectivity index (χ3v) is 3.70. The summed E-state index contributed by atoms with van der Waals surface area (Å²) in [5, 5.41) is 15.0. The molecule has 9 nitrogen and oxygen atoms in total. The van der Waals surface area contributed by atoms with Gasteiger partial charge in [-0.25, -0.2) is 9.78 Å². The molecule has 0 aliphatic heterocycles. The Morgan fingerprint density at radius 2 is 2.07 bits per heavy atom. The number of anilines is 1. The lowest BCUT2D eigenvalue weighted by Gasteiger charge is -2.15. The molecular weight excluding hydrogens is 348 g/mol. The number of amides is 3. The number of ether oxygens (including phenoxy) is 1. The number of benzene rings is 1. The van der Waals surface area contributed by atoms with Gasteiger partial charge in [-0.05, 0) is 36.8 Å². The fourth-order valence-electron chi connectivity index (χ4n) is 2.23. The Balaban J connectivity index is 1.80. The summed E-state index contributed by atoms with van der Waals surface area (Å²) in [7, 11) is 1.58. The number of nitrogens with two attached hydrogens (primary N) is 1. The van der Waals surface area contributed by atoms with Crippen molar-refractivity contribution in [1.82, 2.24) is 15.6 Å². The van der Waals surface area contributed by atoms with Gasteiger partial charge in [-0.1, -0.05) is 12.1 Å². The van der Waals surface area contributed by atoms with E-state index in [2.05, 4.69) is 20.9 Å². The zero-order chi connectivity index (χ0) is 19.8. The van der Waals surface area contributed by atoms with Gasteiger partial charge in [0.1, 0.15) is 17.4 Å². The number of carbonyl (C=O) groups excluding carboxylic acids is 2. The molecule has 9 heteroatoms. The van der Waals surface area contributed by atoms with E-state index in [4.69, 9.17) is 15.9 Å². The van der Waals surface area contributed by atoms with Gasteiger partial charge >= 0.3 is 6.03 Å². The molecular formula is C18H22N6O3. The Morgan fingerprint density at radius 1 is 1.30 bits per heavy atom. The Kier molecular flexibility index (Phi) is 6.70. The van der Waals surface area contributed by atoms with Crippen molar-refractivity contribution in [1.29, 1.82) is 5.41 Å². The van der Waals surface area contributed by atoms with E-state index in [1.807, 2.05) is 31.2 Å². The van der Waals surface area contributed by atoms with Gasteiger partial charge in [-0.2, -0.15) is 0 Å². The number of amidine groups is 1. The van der Waals surface area contributed by atoms with E-state index in [9.17, 15) is 9.59 Å². The quantitative estimate of drug-likeness (QED) is 0.370. The van der Waals surface area contributed by atoms with E-state index < -0.39 is 6.03 Å². The normalized spacial score (nSPS) is 11.2. The van der Waals surface area contributed by atoms with Gasteiger partial charge in [0.15, 0.2) is 0 Å². The summed E-state index contributed by atoms with van der Waals surface area (Å²) in [6.07, 6.45) is 1.38. The molecule has 1 aromatic carbocycles. The summed E-state index contributed by atoms with van der Waals surface area (Å²) in [6.45, 7) is 1.65. The third-order valence-electron chi connectivity index (χ3n) is 3.70. The van der Waals surface area contributed by atoms with Crippen LogP contribution in [0.15, 0.2) is 42.6 Å². The Bertz CT molecular complexity index is 822. The van der Waals surface area contributed by atoms with Crippen LogP contribution in [0, 0.1) is 5.41 Å². The number of urea groups is 1. The molecule has 0 radical (unpaired) electrons. The fourth-order valence-corrected chi connectivity index (χ4v) is 2.23. The van der Waals surface area contributed by atoms with Gasteiger partial charge in [0, 0.05) is 11.8 Å². The molecule has 2 aromatic rings. The van der Waals surface area contributed by atoms with Crippen LogP contribution in [0.4, 0.5) is 10.6 Å². The first-order chi connectivity index (χ1) is 12.9. The molecule has 6 N–H and O–H groups in total. The summed E-state index contributed by atoms with van der Waals surface area (Å²) in [5.41, 5.74) is 6.68. The second kappa shape index (κ2) is 9.18. The number of nitrogens with zero attached hydrogens (tertiary/aromatic N) is 1. The van der Waals surface area contributed by atoms with E-state index in [0.717, 1.165) is 5.56 Å². The summed E-state index contributed by atoms with van der Waals surface area (Å²) < 4.78 is 5.16. The maximum atomic E-state index is 12.0. The summed E-state index contributed by atoms with van der Waals surface area (Å²) >= 11 is 0. The Morgan fingerprint density at radius 3 is 2.70 bits per heavy atom. The van der Waals surface area contributed by atoms with E-state index in [1.54, 1.807) is 13.2 Å². The average Bonchev–Trinajstić information content (AvgIpc) is 2.66. The van der Waals surface area contributed by atoms with Crippen LogP contribution in [-0.2, 0) is 4.79 Å². The maximum absolute atomic E-state index is 12.0. The van der Waals surface area contributed by atoms with E-state index in [-0.39, 0.29) is 30.1 Å². The highest BCUT2D eigenvalue weighted by atomic mass is 16.5. The molecule has 0 unspecified atom stereocenters. The van der Waals surface area contributed by atoms with Crippen LogP contribution in [0.5, 0.6) is 5.75 Å². The number of rotatable bonds is 7. The molecule has 142 valence electrons. The molecule has 0 aliphatic carbocycles. The van der Waals surface area contributed by atoms with Crippen LogP contribution in [-0.4, -0.2) is 36.4 Å². The van der Waals surface area contributed by atoms with Gasteiger partial charge < -0.3 is 21.1 Å². The van der Waals surface area contributed by atoms with Crippen LogP contribution in [0.3, 0.4) is 0 Å². The van der Waals surface area contributed by atoms with Gasteiger partial charge in [-0.3, -0.25) is 15.5 Å². The molecule has 2 rings (SSSR count). The molecule has 0 saturated carbocycles. The number of nitrogens with one attached hydrogen (secondary N) is 4. The second-order valence-corrected chi connectivity index (χ2v) is 5.72. The summed E-state index contributed by atoms with van der Waals surface area (Å²) in [4.78, 5) is 27.8. The van der Waals surface area contributed by atoms with Gasteiger partial charge in [0.25, 0.3) is 0 Å². The third kappa shape index (κ3) is 5.99. The molecule has 0 bridgehead atoms. The lowest BCUT2D eigenvalue weighted by molar-refractivity contribution is -0.120. The molecule has 3 amide bonds. The number of aromatic nitrogens is 1. The molecule has 27 heavy (non-hydrogen) atoms. The number of hydrogen-bond acceptors (Lipinski definition) is 5. The van der Waals surface area contributed by atoms with E-state index in [0.29, 0.717) is 11.3 Å².